The average molecular weight is 440 g/mol. The van der Waals surface area contributed by atoms with Gasteiger partial charge in [0.05, 0.1) is 12.6 Å². The van der Waals surface area contributed by atoms with Crippen molar-refractivity contribution in [3.8, 4) is 0 Å². The first-order valence-electron chi connectivity index (χ1n) is 9.61. The smallest absolute Gasteiger partial charge is 0.238 e. The predicted octanol–water partition coefficient (Wildman–Crippen LogP) is 3.03. The molecule has 0 saturated carbocycles. The molecule has 1 aromatic rings. The Kier molecular flexibility index (Phi) is 9.24. The standard InChI is InChI=1S/C20H30BrN3O3/c1-15(2)27-13-3-10-22-20(26)16-8-11-24(12-9-16)14-19(25)23-18-6-4-17(21)5-7-18/h4-7,15-16H,3,8-14H2,1-2H3,(H,22,26)(H,23,25). The summed E-state index contributed by atoms with van der Waals surface area (Å²) in [5.41, 5.74) is 0.791. The maximum atomic E-state index is 12.2. The third-order valence-electron chi connectivity index (χ3n) is 4.53. The fourth-order valence-electron chi connectivity index (χ4n) is 3.04. The summed E-state index contributed by atoms with van der Waals surface area (Å²) in [7, 11) is 0. The Morgan fingerprint density at radius 3 is 2.52 bits per heavy atom. The highest BCUT2D eigenvalue weighted by atomic mass is 79.9. The molecule has 1 aliphatic rings. The monoisotopic (exact) mass is 439 g/mol. The number of amides is 2. The van der Waals surface area contributed by atoms with Gasteiger partial charge in [-0.05, 0) is 70.5 Å². The number of hydrogen-bond acceptors (Lipinski definition) is 4. The molecule has 0 atom stereocenters. The number of carbonyl (C=O) groups is 2. The van der Waals surface area contributed by atoms with E-state index in [1.165, 1.54) is 0 Å². The Morgan fingerprint density at radius 2 is 1.89 bits per heavy atom. The highest BCUT2D eigenvalue weighted by Gasteiger charge is 2.25. The topological polar surface area (TPSA) is 70.7 Å². The van der Waals surface area contributed by atoms with Gasteiger partial charge in [0.1, 0.15) is 0 Å². The Labute approximate surface area is 170 Å². The molecule has 1 heterocycles. The van der Waals surface area contributed by atoms with E-state index >= 15 is 0 Å². The lowest BCUT2D eigenvalue weighted by molar-refractivity contribution is -0.126. The molecule has 2 rings (SSSR count). The van der Waals surface area contributed by atoms with Gasteiger partial charge in [-0.3, -0.25) is 14.5 Å². The summed E-state index contributed by atoms with van der Waals surface area (Å²) < 4.78 is 6.45. The van der Waals surface area contributed by atoms with Crippen molar-refractivity contribution in [3.63, 3.8) is 0 Å². The quantitative estimate of drug-likeness (QED) is 0.580. The van der Waals surface area contributed by atoms with Crippen LogP contribution in [0.1, 0.15) is 33.1 Å². The molecule has 2 amide bonds. The second-order valence-corrected chi connectivity index (χ2v) is 8.09. The number of carbonyl (C=O) groups excluding carboxylic acids is 2. The van der Waals surface area contributed by atoms with Gasteiger partial charge in [-0.1, -0.05) is 15.9 Å². The number of likely N-dealkylation sites (tertiary alicyclic amines) is 1. The molecule has 2 N–H and O–H groups in total. The van der Waals surface area contributed by atoms with Gasteiger partial charge in [-0.15, -0.1) is 0 Å². The van der Waals surface area contributed by atoms with Gasteiger partial charge in [-0.25, -0.2) is 0 Å². The van der Waals surface area contributed by atoms with Crippen LogP contribution in [0.4, 0.5) is 5.69 Å². The molecule has 1 aliphatic heterocycles. The molecule has 27 heavy (non-hydrogen) atoms. The fraction of sp³-hybridized carbons (Fsp3) is 0.600. The van der Waals surface area contributed by atoms with Gasteiger partial charge in [0.25, 0.3) is 0 Å². The van der Waals surface area contributed by atoms with E-state index in [2.05, 4.69) is 31.5 Å². The van der Waals surface area contributed by atoms with E-state index < -0.39 is 0 Å². The van der Waals surface area contributed by atoms with E-state index in [0.29, 0.717) is 19.7 Å². The number of nitrogens with one attached hydrogen (secondary N) is 2. The molecule has 1 aromatic carbocycles. The molecule has 0 bridgehead atoms. The minimum atomic E-state index is -0.0228. The van der Waals surface area contributed by atoms with Gasteiger partial charge in [0.15, 0.2) is 0 Å². The van der Waals surface area contributed by atoms with Crippen LogP contribution in [0.25, 0.3) is 0 Å². The van der Waals surface area contributed by atoms with Gasteiger partial charge in [0, 0.05) is 29.2 Å². The summed E-state index contributed by atoms with van der Waals surface area (Å²) in [5, 5.41) is 5.90. The molecule has 0 aliphatic carbocycles. The molecule has 0 spiro atoms. The lowest BCUT2D eigenvalue weighted by Crippen LogP contribution is -2.43. The first-order chi connectivity index (χ1) is 12.9. The van der Waals surface area contributed by atoms with E-state index in [0.717, 1.165) is 42.5 Å². The summed E-state index contributed by atoms with van der Waals surface area (Å²) in [4.78, 5) is 26.5. The second kappa shape index (κ2) is 11.4. The predicted molar refractivity (Wildman–Crippen MR) is 111 cm³/mol. The van der Waals surface area contributed by atoms with Crippen molar-refractivity contribution in [3.05, 3.63) is 28.7 Å². The van der Waals surface area contributed by atoms with E-state index in [1.807, 2.05) is 38.1 Å². The van der Waals surface area contributed by atoms with Crippen molar-refractivity contribution < 1.29 is 14.3 Å². The maximum absolute atomic E-state index is 12.2. The summed E-state index contributed by atoms with van der Waals surface area (Å²) in [5.74, 6) is 0.144. The van der Waals surface area contributed by atoms with Crippen LogP contribution < -0.4 is 10.6 Å². The van der Waals surface area contributed by atoms with Gasteiger partial charge in [-0.2, -0.15) is 0 Å². The average Bonchev–Trinajstić information content (AvgIpc) is 2.63. The lowest BCUT2D eigenvalue weighted by Gasteiger charge is -2.30. The zero-order valence-corrected chi connectivity index (χ0v) is 17.8. The van der Waals surface area contributed by atoms with Gasteiger partial charge in [0.2, 0.25) is 11.8 Å². The van der Waals surface area contributed by atoms with Crippen LogP contribution in [-0.4, -0.2) is 55.6 Å². The van der Waals surface area contributed by atoms with Crippen LogP contribution in [0.2, 0.25) is 0 Å². The number of nitrogens with zero attached hydrogens (tertiary/aromatic N) is 1. The zero-order chi connectivity index (χ0) is 19.6. The third-order valence-corrected chi connectivity index (χ3v) is 5.05. The number of piperidine rings is 1. The summed E-state index contributed by atoms with van der Waals surface area (Å²) >= 11 is 3.38. The lowest BCUT2D eigenvalue weighted by atomic mass is 9.96. The van der Waals surface area contributed by atoms with E-state index in [4.69, 9.17) is 4.74 Å². The Balaban J connectivity index is 1.62. The zero-order valence-electron chi connectivity index (χ0n) is 16.2. The first-order valence-corrected chi connectivity index (χ1v) is 10.4. The first kappa shape index (κ1) is 21.9. The van der Waals surface area contributed by atoms with E-state index in [-0.39, 0.29) is 23.8 Å². The molecule has 0 unspecified atom stereocenters. The van der Waals surface area contributed by atoms with Crippen LogP contribution in [0.15, 0.2) is 28.7 Å². The van der Waals surface area contributed by atoms with Crippen molar-refractivity contribution in [1.82, 2.24) is 10.2 Å². The molecule has 150 valence electrons. The maximum Gasteiger partial charge on any atom is 0.238 e. The number of benzene rings is 1. The van der Waals surface area contributed by atoms with E-state index in [1.54, 1.807) is 0 Å². The number of halogens is 1. The van der Waals surface area contributed by atoms with Crippen LogP contribution in [0.3, 0.4) is 0 Å². The highest BCUT2D eigenvalue weighted by Crippen LogP contribution is 2.18. The fourth-order valence-corrected chi connectivity index (χ4v) is 3.30. The number of hydrogen-bond donors (Lipinski definition) is 2. The van der Waals surface area contributed by atoms with E-state index in [9.17, 15) is 9.59 Å². The van der Waals surface area contributed by atoms with Gasteiger partial charge >= 0.3 is 0 Å². The van der Waals surface area contributed by atoms with Crippen LogP contribution in [-0.2, 0) is 14.3 Å². The largest absolute Gasteiger partial charge is 0.379 e. The Morgan fingerprint density at radius 1 is 1.22 bits per heavy atom. The molecular weight excluding hydrogens is 410 g/mol. The molecule has 6 nitrogen and oxygen atoms in total. The van der Waals surface area contributed by atoms with Crippen molar-refractivity contribution in [2.45, 2.75) is 39.2 Å². The minimum absolute atomic E-state index is 0.0228. The molecule has 7 heteroatoms. The molecule has 0 aromatic heterocycles. The second-order valence-electron chi connectivity index (χ2n) is 7.17. The van der Waals surface area contributed by atoms with Crippen molar-refractivity contribution >= 4 is 33.4 Å². The van der Waals surface area contributed by atoms with Gasteiger partial charge < -0.3 is 15.4 Å². The van der Waals surface area contributed by atoms with Crippen molar-refractivity contribution in [2.75, 3.05) is 38.1 Å². The van der Waals surface area contributed by atoms with Crippen LogP contribution in [0.5, 0.6) is 0 Å². The summed E-state index contributed by atoms with van der Waals surface area (Å²) in [6, 6.07) is 7.53. The Hall–Kier alpha value is -1.44. The van der Waals surface area contributed by atoms with Crippen LogP contribution in [0, 0.1) is 5.92 Å². The summed E-state index contributed by atoms with van der Waals surface area (Å²) in [6.07, 6.45) is 2.64. The molecular formula is C20H30BrN3O3. The number of anilines is 1. The highest BCUT2D eigenvalue weighted by molar-refractivity contribution is 9.10. The van der Waals surface area contributed by atoms with Crippen molar-refractivity contribution in [2.24, 2.45) is 5.92 Å². The van der Waals surface area contributed by atoms with Crippen LogP contribution >= 0.6 is 15.9 Å². The summed E-state index contributed by atoms with van der Waals surface area (Å²) in [6.45, 7) is 7.23. The molecule has 1 saturated heterocycles. The number of ether oxygens (including phenoxy) is 1. The molecule has 0 radical (unpaired) electrons. The molecule has 1 fully saturated rings. The number of rotatable bonds is 9. The van der Waals surface area contributed by atoms with Crippen molar-refractivity contribution in [1.29, 1.82) is 0 Å². The Bertz CT molecular complexity index is 599. The normalized spacial score (nSPS) is 15.7. The SMILES string of the molecule is CC(C)OCCCNC(=O)C1CCN(CC(=O)Nc2ccc(Br)cc2)CC1. The minimum Gasteiger partial charge on any atom is -0.379 e. The third kappa shape index (κ3) is 8.41.